The topological polar surface area (TPSA) is 0 Å². The van der Waals surface area contributed by atoms with Gasteiger partial charge < -0.3 is 24.8 Å². The molecule has 0 N–H and O–H groups in total. The first-order valence-corrected chi connectivity index (χ1v) is 8.61. The molecule has 22 heavy (non-hydrogen) atoms. The molecule has 3 aliphatic rings. The van der Waals surface area contributed by atoms with E-state index in [1.807, 2.05) is 0 Å². The molecular formula is C18H25Cl2SiZr. The zero-order valence-corrected chi connectivity index (χ0v) is 20.4. The maximum absolute atomic E-state index is 3.94. The van der Waals surface area contributed by atoms with Gasteiger partial charge in [-0.3, -0.25) is 6.08 Å². The standard InChI is InChI=1S/C18H25Si.2ClH.Zr/c1-10-11(2)13(4)17(12(10)3)18(19)9-15-7-6-8-16(18)14(15)5;;;/h12H,6-8H2,1-5,19H3;2*1H;/q-1;;;+3/p-2. The molecule has 3 aliphatic carbocycles. The predicted octanol–water partition coefficient (Wildman–Crippen LogP) is -1.94. The van der Waals surface area contributed by atoms with E-state index in [2.05, 4.69) is 40.7 Å². The van der Waals surface area contributed by atoms with Gasteiger partial charge in [0.15, 0.2) is 0 Å². The Morgan fingerprint density at radius 2 is 1.59 bits per heavy atom. The molecule has 0 aromatic carbocycles. The van der Waals surface area contributed by atoms with Crippen molar-refractivity contribution in [2.75, 3.05) is 0 Å². The van der Waals surface area contributed by atoms with E-state index in [-0.39, 0.29) is 56.1 Å². The number of allylic oxidation sites excluding steroid dienone is 8. The maximum atomic E-state index is 3.94. The molecule has 0 aromatic heterocycles. The Morgan fingerprint density at radius 1 is 1.00 bits per heavy atom. The minimum Gasteiger partial charge on any atom is -1.00 e. The van der Waals surface area contributed by atoms with Crippen LogP contribution in [0.3, 0.4) is 0 Å². The van der Waals surface area contributed by atoms with Crippen LogP contribution in [0.25, 0.3) is 0 Å². The van der Waals surface area contributed by atoms with Crippen molar-refractivity contribution in [2.45, 2.75) is 58.9 Å². The molecule has 4 heteroatoms. The van der Waals surface area contributed by atoms with Gasteiger partial charge in [-0.1, -0.05) is 29.5 Å². The van der Waals surface area contributed by atoms with E-state index in [4.69, 9.17) is 0 Å². The monoisotopic (exact) mass is 429 g/mol. The Kier molecular flexibility index (Phi) is 7.91. The second-order valence-electron chi connectivity index (χ2n) is 6.75. The van der Waals surface area contributed by atoms with Gasteiger partial charge in [0.25, 0.3) is 0 Å². The predicted molar refractivity (Wildman–Crippen MR) is 86.2 cm³/mol. The van der Waals surface area contributed by atoms with Crippen molar-refractivity contribution in [3.63, 3.8) is 0 Å². The van der Waals surface area contributed by atoms with Crippen LogP contribution in [0, 0.1) is 12.0 Å². The van der Waals surface area contributed by atoms with Crippen molar-refractivity contribution in [3.8, 4) is 0 Å². The van der Waals surface area contributed by atoms with Gasteiger partial charge in [0.1, 0.15) is 0 Å². The molecule has 119 valence electrons. The Balaban J connectivity index is 0.00000147. The van der Waals surface area contributed by atoms with Crippen LogP contribution in [0.15, 0.2) is 39.0 Å². The number of fused-ring (bicyclic) bond motifs is 1. The van der Waals surface area contributed by atoms with Gasteiger partial charge in [-0.25, -0.2) is 5.57 Å². The van der Waals surface area contributed by atoms with Crippen LogP contribution in [0.2, 0.25) is 5.04 Å². The van der Waals surface area contributed by atoms with Gasteiger partial charge in [0.05, 0.1) is 0 Å². The average Bonchev–Trinajstić information content (AvgIpc) is 2.65. The molecule has 0 spiro atoms. The van der Waals surface area contributed by atoms with E-state index >= 15 is 0 Å². The second-order valence-corrected chi connectivity index (χ2v) is 8.25. The van der Waals surface area contributed by atoms with Gasteiger partial charge in [-0.2, -0.15) is 11.1 Å². The summed E-state index contributed by atoms with van der Waals surface area (Å²) in [6.45, 7) is 11.7. The van der Waals surface area contributed by atoms with Crippen molar-refractivity contribution in [3.05, 3.63) is 45.1 Å². The largest absolute Gasteiger partial charge is 3.00 e. The van der Waals surface area contributed by atoms with Crippen LogP contribution in [-0.2, 0) is 26.2 Å². The fraction of sp³-hybridized carbons (Fsp3) is 0.556. The number of rotatable bonds is 1. The summed E-state index contributed by atoms with van der Waals surface area (Å²) in [5, 5.41) is 0.221. The van der Waals surface area contributed by atoms with Gasteiger partial charge in [-0.05, 0) is 50.7 Å². The summed E-state index contributed by atoms with van der Waals surface area (Å²) in [5.41, 5.74) is 11.2. The first kappa shape index (κ1) is 22.6. The van der Waals surface area contributed by atoms with E-state index in [0.717, 1.165) is 0 Å². The summed E-state index contributed by atoms with van der Waals surface area (Å²) < 4.78 is 0. The Labute approximate surface area is 170 Å². The summed E-state index contributed by atoms with van der Waals surface area (Å²) in [6.07, 6.45) is 7.84. The quantitative estimate of drug-likeness (QED) is 0.335. The first-order valence-electron chi connectivity index (χ1n) is 7.61. The molecule has 3 rings (SSSR count). The molecule has 2 unspecified atom stereocenters. The molecule has 0 fully saturated rings. The van der Waals surface area contributed by atoms with Crippen LogP contribution in [0.5, 0.6) is 0 Å². The number of halogens is 2. The molecule has 0 saturated carbocycles. The van der Waals surface area contributed by atoms with Crippen molar-refractivity contribution < 1.29 is 51.0 Å². The number of hydrogen-bond acceptors (Lipinski definition) is 0. The third kappa shape index (κ3) is 2.99. The van der Waals surface area contributed by atoms with Gasteiger partial charge >= 0.3 is 26.2 Å². The molecule has 2 atom stereocenters. The minimum atomic E-state index is 0. The van der Waals surface area contributed by atoms with E-state index in [1.54, 1.807) is 27.9 Å². The zero-order valence-electron chi connectivity index (χ0n) is 14.5. The third-order valence-corrected chi connectivity index (χ3v) is 7.33. The van der Waals surface area contributed by atoms with Gasteiger partial charge in [-0.15, -0.1) is 6.92 Å². The van der Waals surface area contributed by atoms with Crippen LogP contribution < -0.4 is 24.8 Å². The minimum absolute atomic E-state index is 0. The van der Waals surface area contributed by atoms with E-state index in [0.29, 0.717) is 5.92 Å². The summed E-state index contributed by atoms with van der Waals surface area (Å²) in [7, 11) is 1.17. The van der Waals surface area contributed by atoms with Crippen LogP contribution >= 0.6 is 0 Å². The molecule has 0 aromatic rings. The fourth-order valence-corrected chi connectivity index (χ4v) is 6.29. The first-order chi connectivity index (χ1) is 8.88. The summed E-state index contributed by atoms with van der Waals surface area (Å²) in [4.78, 5) is 0. The van der Waals surface area contributed by atoms with E-state index in [1.165, 1.54) is 40.7 Å². The van der Waals surface area contributed by atoms with Crippen LogP contribution in [0.4, 0.5) is 0 Å². The Hall–Kier alpha value is 0.640. The smallest absolute Gasteiger partial charge is 1.00 e. The SMILES string of the molecule is CC1=C(C)C(C)C(C2([SiH3])[C-]=C3CCCC2=C3C)=C1C.[Cl-].[Cl-].[Zr+3]. The maximum Gasteiger partial charge on any atom is 3.00 e. The van der Waals surface area contributed by atoms with Crippen molar-refractivity contribution in [1.29, 1.82) is 0 Å². The van der Waals surface area contributed by atoms with Crippen molar-refractivity contribution in [1.82, 2.24) is 0 Å². The average molecular weight is 432 g/mol. The second kappa shape index (κ2) is 7.68. The molecule has 0 saturated heterocycles. The Morgan fingerprint density at radius 3 is 2.05 bits per heavy atom. The fourth-order valence-electron chi connectivity index (χ4n) is 4.56. The van der Waals surface area contributed by atoms with Crippen LogP contribution in [-0.4, -0.2) is 10.2 Å². The van der Waals surface area contributed by atoms with E-state index in [9.17, 15) is 0 Å². The van der Waals surface area contributed by atoms with E-state index < -0.39 is 0 Å². The van der Waals surface area contributed by atoms with Gasteiger partial charge in [0.2, 0.25) is 0 Å². The zero-order chi connectivity index (χ0) is 13.9. The summed E-state index contributed by atoms with van der Waals surface area (Å²) >= 11 is 0. The summed E-state index contributed by atoms with van der Waals surface area (Å²) in [6, 6.07) is 0. The molecule has 2 bridgehead atoms. The molecule has 0 amide bonds. The molecular weight excluding hydrogens is 406 g/mol. The Bertz CT molecular complexity index is 598. The molecule has 0 nitrogen and oxygen atoms in total. The van der Waals surface area contributed by atoms with Crippen molar-refractivity contribution >= 4 is 10.2 Å². The normalized spacial score (nSPS) is 30.0. The molecule has 0 heterocycles. The molecule has 0 aliphatic heterocycles. The van der Waals surface area contributed by atoms with Crippen molar-refractivity contribution in [2.24, 2.45) is 5.92 Å². The molecule has 1 radical (unpaired) electrons. The van der Waals surface area contributed by atoms with Crippen LogP contribution in [0.1, 0.15) is 53.9 Å². The third-order valence-electron chi connectivity index (χ3n) is 5.94. The number of hydrogen-bond donors (Lipinski definition) is 0. The summed E-state index contributed by atoms with van der Waals surface area (Å²) in [5.74, 6) is 0.616. The van der Waals surface area contributed by atoms with Gasteiger partial charge in [0, 0.05) is 10.2 Å².